The van der Waals surface area contributed by atoms with E-state index < -0.39 is 0 Å². The fourth-order valence-corrected chi connectivity index (χ4v) is 2.64. The molecule has 114 valence electrons. The van der Waals surface area contributed by atoms with E-state index in [4.69, 9.17) is 0 Å². The number of piperidine rings is 1. The Hall–Kier alpha value is -2.43. The van der Waals surface area contributed by atoms with Crippen LogP contribution in [0.1, 0.15) is 35.2 Å². The molecule has 3 rings (SSSR count). The highest BCUT2D eigenvalue weighted by Crippen LogP contribution is 2.15. The van der Waals surface area contributed by atoms with Gasteiger partial charge in [0.25, 0.3) is 5.91 Å². The lowest BCUT2D eigenvalue weighted by Crippen LogP contribution is -2.35. The lowest BCUT2D eigenvalue weighted by atomic mass is 10.1. The first-order valence-corrected chi connectivity index (χ1v) is 7.70. The number of hydrogen-bond donors (Lipinski definition) is 1. The SMILES string of the molecule is O=C(c1cncc(NCc2cccnc2)c1)N1CCCCC1. The van der Waals surface area contributed by atoms with Crippen molar-refractivity contribution < 1.29 is 4.79 Å². The average molecular weight is 296 g/mol. The number of carbonyl (C=O) groups is 1. The van der Waals surface area contributed by atoms with Crippen molar-refractivity contribution >= 4 is 11.6 Å². The molecule has 1 saturated heterocycles. The van der Waals surface area contributed by atoms with Crippen LogP contribution in [-0.4, -0.2) is 33.9 Å². The van der Waals surface area contributed by atoms with Gasteiger partial charge in [-0.15, -0.1) is 0 Å². The number of rotatable bonds is 4. The first-order chi connectivity index (χ1) is 10.8. The minimum atomic E-state index is 0.0808. The molecule has 22 heavy (non-hydrogen) atoms. The van der Waals surface area contributed by atoms with E-state index in [1.165, 1.54) is 6.42 Å². The molecular weight excluding hydrogens is 276 g/mol. The Bertz CT molecular complexity index is 624. The molecule has 0 radical (unpaired) electrons. The number of hydrogen-bond acceptors (Lipinski definition) is 4. The molecule has 2 aromatic heterocycles. The summed E-state index contributed by atoms with van der Waals surface area (Å²) in [5, 5.41) is 3.29. The van der Waals surface area contributed by atoms with Gasteiger partial charge in [-0.2, -0.15) is 0 Å². The molecular formula is C17H20N4O. The molecule has 0 saturated carbocycles. The fourth-order valence-electron chi connectivity index (χ4n) is 2.64. The van der Waals surface area contributed by atoms with E-state index in [2.05, 4.69) is 15.3 Å². The minimum Gasteiger partial charge on any atom is -0.380 e. The van der Waals surface area contributed by atoms with Crippen LogP contribution in [0.5, 0.6) is 0 Å². The molecule has 0 unspecified atom stereocenters. The van der Waals surface area contributed by atoms with Crippen molar-refractivity contribution in [1.29, 1.82) is 0 Å². The summed E-state index contributed by atoms with van der Waals surface area (Å²) in [5.41, 5.74) is 2.60. The number of nitrogens with zero attached hydrogens (tertiary/aromatic N) is 3. The molecule has 5 nitrogen and oxygen atoms in total. The molecule has 5 heteroatoms. The summed E-state index contributed by atoms with van der Waals surface area (Å²) < 4.78 is 0. The highest BCUT2D eigenvalue weighted by molar-refractivity contribution is 5.94. The lowest BCUT2D eigenvalue weighted by Gasteiger charge is -2.26. The van der Waals surface area contributed by atoms with E-state index in [0.29, 0.717) is 12.1 Å². The van der Waals surface area contributed by atoms with Crippen LogP contribution in [0.3, 0.4) is 0 Å². The van der Waals surface area contributed by atoms with E-state index in [-0.39, 0.29) is 5.91 Å². The van der Waals surface area contributed by atoms with Gasteiger partial charge < -0.3 is 10.2 Å². The van der Waals surface area contributed by atoms with E-state index >= 15 is 0 Å². The summed E-state index contributed by atoms with van der Waals surface area (Å²) in [5.74, 6) is 0.0808. The van der Waals surface area contributed by atoms with Gasteiger partial charge in [0.1, 0.15) is 0 Å². The molecule has 0 spiro atoms. The summed E-state index contributed by atoms with van der Waals surface area (Å²) in [4.78, 5) is 22.7. The molecule has 1 amide bonds. The van der Waals surface area contributed by atoms with Gasteiger partial charge in [-0.1, -0.05) is 6.07 Å². The van der Waals surface area contributed by atoms with Crippen molar-refractivity contribution in [1.82, 2.24) is 14.9 Å². The van der Waals surface area contributed by atoms with E-state index in [0.717, 1.165) is 37.2 Å². The molecule has 1 fully saturated rings. The summed E-state index contributed by atoms with van der Waals surface area (Å²) in [6, 6.07) is 5.79. The molecule has 3 heterocycles. The number of carbonyl (C=O) groups excluding carboxylic acids is 1. The molecule has 0 bridgehead atoms. The zero-order valence-electron chi connectivity index (χ0n) is 12.5. The van der Waals surface area contributed by atoms with Crippen molar-refractivity contribution in [3.05, 3.63) is 54.1 Å². The van der Waals surface area contributed by atoms with Gasteiger partial charge in [0.15, 0.2) is 0 Å². The number of anilines is 1. The summed E-state index contributed by atoms with van der Waals surface area (Å²) in [6.07, 6.45) is 10.4. The lowest BCUT2D eigenvalue weighted by molar-refractivity contribution is 0.0724. The van der Waals surface area contributed by atoms with Crippen molar-refractivity contribution in [3.63, 3.8) is 0 Å². The number of nitrogens with one attached hydrogen (secondary N) is 1. The van der Waals surface area contributed by atoms with E-state index in [1.54, 1.807) is 18.6 Å². The van der Waals surface area contributed by atoms with Gasteiger partial charge in [-0.3, -0.25) is 14.8 Å². The van der Waals surface area contributed by atoms with Gasteiger partial charge >= 0.3 is 0 Å². The first-order valence-electron chi connectivity index (χ1n) is 7.70. The Morgan fingerprint density at radius 3 is 2.77 bits per heavy atom. The summed E-state index contributed by atoms with van der Waals surface area (Å²) >= 11 is 0. The van der Waals surface area contributed by atoms with Crippen LogP contribution in [0.25, 0.3) is 0 Å². The van der Waals surface area contributed by atoms with Gasteiger partial charge in [0.05, 0.1) is 11.3 Å². The monoisotopic (exact) mass is 296 g/mol. The van der Waals surface area contributed by atoms with Gasteiger partial charge in [0, 0.05) is 44.4 Å². The molecule has 0 aromatic carbocycles. The van der Waals surface area contributed by atoms with Crippen molar-refractivity contribution in [2.45, 2.75) is 25.8 Å². The van der Waals surface area contributed by atoms with Crippen LogP contribution >= 0.6 is 0 Å². The highest BCUT2D eigenvalue weighted by atomic mass is 16.2. The number of aromatic nitrogens is 2. The van der Waals surface area contributed by atoms with Gasteiger partial charge in [-0.05, 0) is 37.0 Å². The Morgan fingerprint density at radius 2 is 2.00 bits per heavy atom. The van der Waals surface area contributed by atoms with E-state index in [1.807, 2.05) is 29.3 Å². The van der Waals surface area contributed by atoms with Crippen LogP contribution in [0.15, 0.2) is 43.0 Å². The summed E-state index contributed by atoms with van der Waals surface area (Å²) in [7, 11) is 0. The maximum atomic E-state index is 12.5. The number of amides is 1. The smallest absolute Gasteiger partial charge is 0.255 e. The largest absolute Gasteiger partial charge is 0.380 e. The third-order valence-corrected chi connectivity index (χ3v) is 3.85. The summed E-state index contributed by atoms with van der Waals surface area (Å²) in [6.45, 7) is 2.37. The average Bonchev–Trinajstić information content (AvgIpc) is 2.61. The first kappa shape index (κ1) is 14.5. The molecule has 0 aliphatic carbocycles. The van der Waals surface area contributed by atoms with Crippen molar-refractivity contribution in [3.8, 4) is 0 Å². The van der Waals surface area contributed by atoms with Gasteiger partial charge in [-0.25, -0.2) is 0 Å². The quantitative estimate of drug-likeness (QED) is 0.942. The van der Waals surface area contributed by atoms with Crippen LogP contribution in [0.2, 0.25) is 0 Å². The zero-order valence-corrected chi connectivity index (χ0v) is 12.5. The predicted molar refractivity (Wildman–Crippen MR) is 85.6 cm³/mol. The van der Waals surface area contributed by atoms with Crippen LogP contribution in [-0.2, 0) is 6.54 Å². The second kappa shape index (κ2) is 7.02. The Balaban J connectivity index is 1.65. The molecule has 2 aromatic rings. The minimum absolute atomic E-state index is 0.0808. The maximum Gasteiger partial charge on any atom is 0.255 e. The maximum absolute atomic E-state index is 12.5. The van der Waals surface area contributed by atoms with Crippen molar-refractivity contribution in [2.24, 2.45) is 0 Å². The fraction of sp³-hybridized carbons (Fsp3) is 0.353. The van der Waals surface area contributed by atoms with Crippen LogP contribution < -0.4 is 5.32 Å². The third-order valence-electron chi connectivity index (χ3n) is 3.85. The highest BCUT2D eigenvalue weighted by Gasteiger charge is 2.18. The standard InChI is InChI=1S/C17H20N4O/c22-17(21-7-2-1-3-8-21)15-9-16(13-19-12-15)20-11-14-5-4-6-18-10-14/h4-6,9-10,12-13,20H,1-3,7-8,11H2. The van der Waals surface area contributed by atoms with Gasteiger partial charge in [0.2, 0.25) is 0 Å². The Kier molecular flexibility index (Phi) is 4.63. The van der Waals surface area contributed by atoms with Crippen molar-refractivity contribution in [2.75, 3.05) is 18.4 Å². The Morgan fingerprint density at radius 1 is 1.14 bits per heavy atom. The topological polar surface area (TPSA) is 58.1 Å². The third kappa shape index (κ3) is 3.61. The molecule has 1 aliphatic rings. The molecule has 0 atom stereocenters. The van der Waals surface area contributed by atoms with Crippen LogP contribution in [0.4, 0.5) is 5.69 Å². The number of pyridine rings is 2. The molecule has 1 aliphatic heterocycles. The zero-order chi connectivity index (χ0) is 15.2. The Labute approximate surface area is 130 Å². The van der Waals surface area contributed by atoms with E-state index in [9.17, 15) is 4.79 Å². The second-order valence-electron chi connectivity index (χ2n) is 5.53. The second-order valence-corrected chi connectivity index (χ2v) is 5.53. The molecule has 1 N–H and O–H groups in total. The predicted octanol–water partition coefficient (Wildman–Crippen LogP) is 2.71. The van der Waals surface area contributed by atoms with Crippen LogP contribution in [0, 0.1) is 0 Å². The number of likely N-dealkylation sites (tertiary alicyclic amines) is 1. The normalized spacial score (nSPS) is 14.6.